The molecular weight excluding hydrogens is 456 g/mol. The number of amides is 1. The van der Waals surface area contributed by atoms with Crippen molar-refractivity contribution in [2.75, 3.05) is 37.6 Å². The summed E-state index contributed by atoms with van der Waals surface area (Å²) in [5, 5.41) is 8.02. The molecular formula is C23H25BrN6O. The highest BCUT2D eigenvalue weighted by molar-refractivity contribution is 9.10. The van der Waals surface area contributed by atoms with Gasteiger partial charge in [-0.05, 0) is 42.6 Å². The molecule has 0 radical (unpaired) electrons. The van der Waals surface area contributed by atoms with Crippen LogP contribution in [0.3, 0.4) is 0 Å². The Morgan fingerprint density at radius 2 is 1.97 bits per heavy atom. The van der Waals surface area contributed by atoms with Crippen LogP contribution in [0.15, 0.2) is 34.9 Å². The van der Waals surface area contributed by atoms with Gasteiger partial charge in [-0.1, -0.05) is 22.0 Å². The second kappa shape index (κ2) is 7.60. The van der Waals surface area contributed by atoms with Gasteiger partial charge in [-0.15, -0.1) is 0 Å². The number of aromatic nitrogens is 3. The van der Waals surface area contributed by atoms with Gasteiger partial charge in [0.15, 0.2) is 5.65 Å². The van der Waals surface area contributed by atoms with Gasteiger partial charge in [0.1, 0.15) is 5.82 Å². The van der Waals surface area contributed by atoms with E-state index in [0.717, 1.165) is 67.9 Å². The van der Waals surface area contributed by atoms with Crippen LogP contribution in [-0.2, 0) is 30.6 Å². The van der Waals surface area contributed by atoms with Gasteiger partial charge in [-0.2, -0.15) is 9.61 Å². The lowest BCUT2D eigenvalue weighted by atomic mass is 9.94. The highest BCUT2D eigenvalue weighted by atomic mass is 79.9. The summed E-state index contributed by atoms with van der Waals surface area (Å²) in [6.45, 7) is 4.93. The fourth-order valence-electron chi connectivity index (χ4n) is 5.12. The first kappa shape index (κ1) is 19.3. The van der Waals surface area contributed by atoms with Crippen LogP contribution < -0.4 is 10.2 Å². The maximum atomic E-state index is 13.3. The van der Waals surface area contributed by atoms with Crippen LogP contribution in [0.5, 0.6) is 0 Å². The number of carbonyl (C=O) groups excluding carboxylic acids is 1. The first-order chi connectivity index (χ1) is 15.2. The van der Waals surface area contributed by atoms with E-state index in [1.54, 1.807) is 0 Å². The molecule has 0 unspecified atom stereocenters. The summed E-state index contributed by atoms with van der Waals surface area (Å²) in [5.41, 5.74) is 5.96. The molecule has 7 nitrogen and oxygen atoms in total. The summed E-state index contributed by atoms with van der Waals surface area (Å²) < 4.78 is 3.03. The summed E-state index contributed by atoms with van der Waals surface area (Å²) in [4.78, 5) is 22.5. The zero-order valence-electron chi connectivity index (χ0n) is 17.4. The largest absolute Gasteiger partial charge is 0.354 e. The Balaban J connectivity index is 1.22. The number of halogens is 1. The minimum absolute atomic E-state index is 0.0482. The van der Waals surface area contributed by atoms with Gasteiger partial charge < -0.3 is 15.1 Å². The highest BCUT2D eigenvalue weighted by Crippen LogP contribution is 2.33. The number of nitrogens with zero attached hydrogens (tertiary/aromatic N) is 5. The Labute approximate surface area is 189 Å². The van der Waals surface area contributed by atoms with E-state index < -0.39 is 0 Å². The third-order valence-corrected chi connectivity index (χ3v) is 7.30. The molecule has 5 heterocycles. The number of fused-ring (bicyclic) bond motifs is 3. The van der Waals surface area contributed by atoms with Crippen molar-refractivity contribution in [3.8, 4) is 0 Å². The second-order valence-corrected chi connectivity index (χ2v) is 9.65. The van der Waals surface area contributed by atoms with Crippen LogP contribution in [0.4, 0.5) is 5.82 Å². The second-order valence-electron chi connectivity index (χ2n) is 8.74. The molecule has 0 aliphatic carbocycles. The number of carbonyl (C=O) groups is 1. The Morgan fingerprint density at radius 3 is 2.87 bits per heavy atom. The van der Waals surface area contributed by atoms with Crippen LogP contribution >= 0.6 is 15.9 Å². The maximum absolute atomic E-state index is 13.3. The molecule has 3 aliphatic heterocycles. The SMILES string of the molecule is O=C(C1CN(c2c3c(nc4ccnn24)CCNCC3)C1)N1CCc2ccc(Br)cc2C1. The standard InChI is InChI=1S/C23H25BrN6O/c24-18-2-1-15-6-10-28(12-16(15)11-18)23(31)17-13-29(14-17)22-19-3-7-25-8-4-20(19)27-21-5-9-26-30(21)22/h1-2,5,9,11,17,25H,3-4,6-8,10,12-14H2. The lowest BCUT2D eigenvalue weighted by molar-refractivity contribution is -0.137. The first-order valence-electron chi connectivity index (χ1n) is 11.0. The summed E-state index contributed by atoms with van der Waals surface area (Å²) in [7, 11) is 0. The topological polar surface area (TPSA) is 65.8 Å². The predicted octanol–water partition coefficient (Wildman–Crippen LogP) is 2.20. The summed E-state index contributed by atoms with van der Waals surface area (Å²) >= 11 is 3.56. The van der Waals surface area contributed by atoms with Crippen molar-refractivity contribution in [3.05, 3.63) is 57.3 Å². The average molecular weight is 481 g/mol. The molecule has 160 valence electrons. The molecule has 1 N–H and O–H groups in total. The molecule has 0 bridgehead atoms. The first-order valence-corrected chi connectivity index (χ1v) is 11.8. The summed E-state index contributed by atoms with van der Waals surface area (Å²) in [5.74, 6) is 1.46. The molecule has 0 atom stereocenters. The van der Waals surface area contributed by atoms with Crippen LogP contribution in [0.1, 0.15) is 22.4 Å². The fraction of sp³-hybridized carbons (Fsp3) is 0.435. The van der Waals surface area contributed by atoms with Crippen molar-refractivity contribution < 1.29 is 4.79 Å². The molecule has 0 spiro atoms. The monoisotopic (exact) mass is 480 g/mol. The van der Waals surface area contributed by atoms with Gasteiger partial charge in [0.05, 0.1) is 17.8 Å². The highest BCUT2D eigenvalue weighted by Gasteiger charge is 2.39. The van der Waals surface area contributed by atoms with Crippen LogP contribution in [0.25, 0.3) is 5.65 Å². The Hall–Kier alpha value is -2.45. The normalized spacial score (nSPS) is 19.0. The van der Waals surface area contributed by atoms with Gasteiger partial charge in [0.25, 0.3) is 0 Å². The molecule has 2 aromatic heterocycles. The third-order valence-electron chi connectivity index (χ3n) is 6.80. The molecule has 1 saturated heterocycles. The Morgan fingerprint density at radius 1 is 1.10 bits per heavy atom. The maximum Gasteiger partial charge on any atom is 0.229 e. The molecule has 1 aromatic carbocycles. The van der Waals surface area contributed by atoms with Crippen molar-refractivity contribution in [1.82, 2.24) is 24.8 Å². The van der Waals surface area contributed by atoms with Gasteiger partial charge in [0, 0.05) is 55.2 Å². The predicted molar refractivity (Wildman–Crippen MR) is 122 cm³/mol. The van der Waals surface area contributed by atoms with Crippen LogP contribution in [-0.4, -0.2) is 58.1 Å². The number of rotatable bonds is 2. The van der Waals surface area contributed by atoms with E-state index in [-0.39, 0.29) is 11.8 Å². The van der Waals surface area contributed by atoms with Crippen LogP contribution in [0, 0.1) is 5.92 Å². The minimum atomic E-state index is 0.0482. The van der Waals surface area contributed by atoms with E-state index in [0.29, 0.717) is 6.54 Å². The van der Waals surface area contributed by atoms with E-state index in [4.69, 9.17) is 4.98 Å². The van der Waals surface area contributed by atoms with E-state index in [9.17, 15) is 4.79 Å². The van der Waals surface area contributed by atoms with Crippen molar-refractivity contribution in [2.24, 2.45) is 5.92 Å². The Kier molecular flexibility index (Phi) is 4.72. The molecule has 6 rings (SSSR count). The fourth-order valence-corrected chi connectivity index (χ4v) is 5.53. The van der Waals surface area contributed by atoms with E-state index in [1.807, 2.05) is 21.7 Å². The number of hydrogen-bond acceptors (Lipinski definition) is 5. The van der Waals surface area contributed by atoms with E-state index >= 15 is 0 Å². The lowest BCUT2D eigenvalue weighted by Crippen LogP contribution is -2.56. The number of hydrogen-bond donors (Lipinski definition) is 1. The van der Waals surface area contributed by atoms with Crippen molar-refractivity contribution >= 4 is 33.3 Å². The van der Waals surface area contributed by atoms with Gasteiger partial charge in [-0.3, -0.25) is 4.79 Å². The average Bonchev–Trinajstić information content (AvgIpc) is 3.08. The minimum Gasteiger partial charge on any atom is -0.354 e. The molecule has 0 saturated carbocycles. The van der Waals surface area contributed by atoms with Gasteiger partial charge in [0.2, 0.25) is 5.91 Å². The van der Waals surface area contributed by atoms with Gasteiger partial charge >= 0.3 is 0 Å². The lowest BCUT2D eigenvalue weighted by Gasteiger charge is -2.43. The summed E-state index contributed by atoms with van der Waals surface area (Å²) in [6.07, 6.45) is 4.63. The molecule has 3 aromatic rings. The van der Waals surface area contributed by atoms with Crippen LogP contribution in [0.2, 0.25) is 0 Å². The van der Waals surface area contributed by atoms with Crippen molar-refractivity contribution in [1.29, 1.82) is 0 Å². The van der Waals surface area contributed by atoms with Crippen molar-refractivity contribution in [2.45, 2.75) is 25.8 Å². The van der Waals surface area contributed by atoms with Gasteiger partial charge in [-0.25, -0.2) is 4.98 Å². The smallest absolute Gasteiger partial charge is 0.229 e. The number of nitrogens with one attached hydrogen (secondary N) is 1. The molecule has 31 heavy (non-hydrogen) atoms. The molecule has 1 amide bonds. The quantitative estimate of drug-likeness (QED) is 0.608. The zero-order valence-corrected chi connectivity index (χ0v) is 18.9. The van der Waals surface area contributed by atoms with E-state index in [1.165, 1.54) is 22.4 Å². The summed E-state index contributed by atoms with van der Waals surface area (Å²) in [6, 6.07) is 8.37. The number of benzene rings is 1. The zero-order chi connectivity index (χ0) is 20.9. The molecule has 8 heteroatoms. The third kappa shape index (κ3) is 3.32. The Bertz CT molecular complexity index is 1170. The number of anilines is 1. The van der Waals surface area contributed by atoms with E-state index in [2.05, 4.69) is 49.4 Å². The van der Waals surface area contributed by atoms with Crippen molar-refractivity contribution in [3.63, 3.8) is 0 Å². The molecule has 1 fully saturated rings. The molecule has 3 aliphatic rings.